The number of aryl methyl sites for hydroxylation is 2. The molecule has 0 bridgehead atoms. The van der Waals surface area contributed by atoms with Crippen molar-refractivity contribution in [1.29, 1.82) is 0 Å². The highest BCUT2D eigenvalue weighted by atomic mass is 35.5. The lowest BCUT2D eigenvalue weighted by Gasteiger charge is -2.22. The number of thiazole rings is 1. The van der Waals surface area contributed by atoms with Crippen molar-refractivity contribution in [2.45, 2.75) is 38.3 Å². The van der Waals surface area contributed by atoms with Crippen molar-refractivity contribution in [1.82, 2.24) is 15.0 Å². The second kappa shape index (κ2) is 10.5. The number of rotatable bonds is 5. The van der Waals surface area contributed by atoms with E-state index in [-0.39, 0.29) is 22.2 Å². The van der Waals surface area contributed by atoms with Crippen LogP contribution in [-0.2, 0) is 19.0 Å². The van der Waals surface area contributed by atoms with Crippen molar-refractivity contribution >= 4 is 34.0 Å². The van der Waals surface area contributed by atoms with Gasteiger partial charge in [0.15, 0.2) is 5.13 Å². The predicted octanol–water partition coefficient (Wildman–Crippen LogP) is 7.25. The van der Waals surface area contributed by atoms with Crippen molar-refractivity contribution in [3.63, 3.8) is 0 Å². The Kier molecular flexibility index (Phi) is 7.30. The van der Waals surface area contributed by atoms with E-state index in [0.717, 1.165) is 16.6 Å². The van der Waals surface area contributed by atoms with E-state index in [1.807, 2.05) is 0 Å². The number of methoxy groups -OCH3 is 1. The van der Waals surface area contributed by atoms with Crippen molar-refractivity contribution in [3.05, 3.63) is 86.7 Å². The second-order valence-electron chi connectivity index (χ2n) is 9.10. The highest BCUT2D eigenvalue weighted by Gasteiger charge is 2.33. The van der Waals surface area contributed by atoms with Gasteiger partial charge in [-0.2, -0.15) is 13.2 Å². The Balaban J connectivity index is 1.38. The van der Waals surface area contributed by atoms with Gasteiger partial charge < -0.3 is 4.74 Å². The molecular weight excluding hydrogens is 556 g/mol. The van der Waals surface area contributed by atoms with Crippen LogP contribution in [0.4, 0.5) is 22.7 Å². The summed E-state index contributed by atoms with van der Waals surface area (Å²) < 4.78 is 58.8. The van der Waals surface area contributed by atoms with Gasteiger partial charge in [0.1, 0.15) is 16.7 Å². The lowest BCUT2D eigenvalue weighted by Crippen LogP contribution is -2.14. The lowest BCUT2D eigenvalue weighted by molar-refractivity contribution is -0.137. The number of halogens is 5. The summed E-state index contributed by atoms with van der Waals surface area (Å²) in [5, 5.41) is 3.43. The summed E-state index contributed by atoms with van der Waals surface area (Å²) >= 11 is 7.38. The minimum Gasteiger partial charge on any atom is -0.494 e. The molecule has 1 amide bonds. The third-order valence-corrected chi connectivity index (χ3v) is 7.80. The van der Waals surface area contributed by atoms with Crippen molar-refractivity contribution in [2.24, 2.45) is 0 Å². The van der Waals surface area contributed by atoms with E-state index >= 15 is 0 Å². The smallest absolute Gasteiger partial charge is 0.416 e. The molecule has 1 unspecified atom stereocenters. The molecule has 0 radical (unpaired) electrons. The normalized spacial score (nSPS) is 15.1. The summed E-state index contributed by atoms with van der Waals surface area (Å²) in [5.74, 6) is -1.17. The number of anilines is 1. The van der Waals surface area contributed by atoms with Gasteiger partial charge in [-0.3, -0.25) is 15.1 Å². The molecule has 202 valence electrons. The highest BCUT2D eigenvalue weighted by molar-refractivity contribution is 7.15. The molecule has 1 aliphatic carbocycles. The zero-order chi connectivity index (χ0) is 27.9. The van der Waals surface area contributed by atoms with Gasteiger partial charge in [0.2, 0.25) is 0 Å². The maximum Gasteiger partial charge on any atom is 0.416 e. The first-order valence-electron chi connectivity index (χ1n) is 11.9. The molecule has 0 saturated carbocycles. The Morgan fingerprint density at radius 2 is 1.95 bits per heavy atom. The van der Waals surface area contributed by atoms with E-state index in [9.17, 15) is 22.4 Å². The number of ether oxygens (including phenoxy) is 1. The molecule has 1 atom stereocenters. The summed E-state index contributed by atoms with van der Waals surface area (Å²) in [6.07, 6.45) is -0.219. The molecule has 0 fully saturated rings. The first kappa shape index (κ1) is 27.0. The Labute approximate surface area is 230 Å². The zero-order valence-electron chi connectivity index (χ0n) is 20.7. The number of alkyl halides is 3. The number of carbonyl (C=O) groups is 1. The van der Waals surface area contributed by atoms with Crippen LogP contribution < -0.4 is 10.1 Å². The molecule has 5 rings (SSSR count). The van der Waals surface area contributed by atoms with Crippen molar-refractivity contribution < 1.29 is 27.1 Å². The van der Waals surface area contributed by atoms with Crippen LogP contribution in [0.25, 0.3) is 11.1 Å². The van der Waals surface area contributed by atoms with Crippen LogP contribution in [0.2, 0.25) is 5.15 Å². The quantitative estimate of drug-likeness (QED) is 0.200. The SMILES string of the molecule is COc1cnc(Cl)cc1-c1cc(C)ncc1C(=O)Nc1nc2c(s1)CC(c1ccc(C(F)(F)F)cc1F)CC2. The van der Waals surface area contributed by atoms with E-state index in [1.165, 1.54) is 36.9 Å². The fourth-order valence-electron chi connectivity index (χ4n) is 4.65. The van der Waals surface area contributed by atoms with Gasteiger partial charge in [-0.1, -0.05) is 17.7 Å². The monoisotopic (exact) mass is 576 g/mol. The molecule has 39 heavy (non-hydrogen) atoms. The van der Waals surface area contributed by atoms with Gasteiger partial charge in [0.05, 0.1) is 30.1 Å². The fraction of sp³-hybridized carbons (Fsp3) is 0.259. The molecule has 12 heteroatoms. The lowest BCUT2D eigenvalue weighted by atomic mass is 9.85. The number of aromatic nitrogens is 3. The van der Waals surface area contributed by atoms with Gasteiger partial charge in [0, 0.05) is 27.9 Å². The summed E-state index contributed by atoms with van der Waals surface area (Å²) in [5.41, 5.74) is 2.10. The predicted molar refractivity (Wildman–Crippen MR) is 140 cm³/mol. The summed E-state index contributed by atoms with van der Waals surface area (Å²) in [7, 11) is 1.49. The Morgan fingerprint density at radius 3 is 2.67 bits per heavy atom. The molecule has 0 spiro atoms. The maximum absolute atomic E-state index is 14.6. The second-order valence-corrected chi connectivity index (χ2v) is 10.6. The number of amides is 1. The molecule has 0 saturated heterocycles. The maximum atomic E-state index is 14.6. The number of pyridine rings is 2. The minimum atomic E-state index is -4.61. The van der Waals surface area contributed by atoms with Gasteiger partial charge in [-0.05, 0) is 61.9 Å². The molecule has 6 nitrogen and oxygen atoms in total. The third-order valence-electron chi connectivity index (χ3n) is 6.56. The topological polar surface area (TPSA) is 77.0 Å². The fourth-order valence-corrected chi connectivity index (χ4v) is 5.89. The van der Waals surface area contributed by atoms with Crippen LogP contribution in [0.15, 0.2) is 42.7 Å². The van der Waals surface area contributed by atoms with Gasteiger partial charge in [0.25, 0.3) is 5.91 Å². The van der Waals surface area contributed by atoms with E-state index in [0.29, 0.717) is 53.0 Å². The zero-order valence-corrected chi connectivity index (χ0v) is 22.3. The standard InChI is InChI=1S/C27H21ClF4N4O2S/c1-13-7-17(18-10-24(28)34-12-22(18)38-2)19(11-33-13)25(37)36-26-35-21-6-3-14(8-23(21)39-26)16-5-4-15(9-20(16)29)27(30,31)32/h4-5,7,9-12,14H,3,6,8H2,1-2H3,(H,35,36,37). The largest absolute Gasteiger partial charge is 0.494 e. The van der Waals surface area contributed by atoms with Crippen LogP contribution in [0, 0.1) is 12.7 Å². The van der Waals surface area contributed by atoms with Crippen molar-refractivity contribution in [2.75, 3.05) is 12.4 Å². The molecule has 1 aromatic carbocycles. The average Bonchev–Trinajstić information content (AvgIpc) is 3.29. The first-order valence-corrected chi connectivity index (χ1v) is 13.1. The number of fused-ring (bicyclic) bond motifs is 1. The van der Waals surface area contributed by atoms with E-state index in [2.05, 4.69) is 20.3 Å². The molecule has 3 heterocycles. The third kappa shape index (κ3) is 5.60. The number of nitrogens with one attached hydrogen (secondary N) is 1. The average molecular weight is 577 g/mol. The van der Waals surface area contributed by atoms with Crippen LogP contribution in [0.1, 0.15) is 50.1 Å². The first-order chi connectivity index (χ1) is 18.5. The van der Waals surface area contributed by atoms with Crippen LogP contribution >= 0.6 is 22.9 Å². The van der Waals surface area contributed by atoms with E-state index < -0.39 is 23.5 Å². The number of carbonyl (C=O) groups excluding carboxylic acids is 1. The van der Waals surface area contributed by atoms with Crippen molar-refractivity contribution in [3.8, 4) is 16.9 Å². The number of hydrogen-bond donors (Lipinski definition) is 1. The van der Waals surface area contributed by atoms with Crippen LogP contribution in [-0.4, -0.2) is 28.0 Å². The molecular formula is C27H21ClF4N4O2S. The number of hydrogen-bond acceptors (Lipinski definition) is 6. The van der Waals surface area contributed by atoms with E-state index in [4.69, 9.17) is 16.3 Å². The molecule has 4 aromatic rings. The van der Waals surface area contributed by atoms with Gasteiger partial charge >= 0.3 is 6.18 Å². The van der Waals surface area contributed by atoms with Gasteiger partial charge in [-0.15, -0.1) is 11.3 Å². The van der Waals surface area contributed by atoms with Gasteiger partial charge in [-0.25, -0.2) is 14.4 Å². The Morgan fingerprint density at radius 1 is 1.15 bits per heavy atom. The summed E-state index contributed by atoms with van der Waals surface area (Å²) in [4.78, 5) is 27.0. The van der Waals surface area contributed by atoms with E-state index in [1.54, 1.807) is 19.1 Å². The molecule has 0 aliphatic heterocycles. The molecule has 1 aliphatic rings. The number of nitrogens with zero attached hydrogens (tertiary/aromatic N) is 3. The summed E-state index contributed by atoms with van der Waals surface area (Å²) in [6, 6.07) is 6.02. The summed E-state index contributed by atoms with van der Waals surface area (Å²) in [6.45, 7) is 1.80. The molecule has 3 aromatic heterocycles. The minimum absolute atomic E-state index is 0.234. The number of benzene rings is 1. The Bertz CT molecular complexity index is 1570. The highest BCUT2D eigenvalue weighted by Crippen LogP contribution is 2.40. The molecule has 1 N–H and O–H groups in total. The Hall–Kier alpha value is -3.57. The van der Waals surface area contributed by atoms with Crippen LogP contribution in [0.5, 0.6) is 5.75 Å². The van der Waals surface area contributed by atoms with Crippen LogP contribution in [0.3, 0.4) is 0 Å².